The summed E-state index contributed by atoms with van der Waals surface area (Å²) in [5, 5.41) is -0.341. The van der Waals surface area contributed by atoms with Crippen LogP contribution in [0.15, 0.2) is 23.1 Å². The molecule has 0 radical (unpaired) electrons. The fraction of sp³-hybridized carbons (Fsp3) is 0.455. The summed E-state index contributed by atoms with van der Waals surface area (Å²) >= 11 is 5.42. The number of rotatable bonds is 2. The number of hydrogen-bond acceptors (Lipinski definition) is 2. The molecule has 0 unspecified atom stereocenters. The number of alkyl halides is 1. The molecule has 0 N–H and O–H groups in total. The number of aryl methyl sites for hydroxylation is 2. The molecule has 4 heteroatoms. The average molecular weight is 245 g/mol. The molecule has 15 heavy (non-hydrogen) atoms. The van der Waals surface area contributed by atoms with Gasteiger partial charge in [0.2, 0.25) is 0 Å². The van der Waals surface area contributed by atoms with E-state index >= 15 is 0 Å². The van der Waals surface area contributed by atoms with Crippen LogP contribution >= 0.6 is 11.6 Å². The largest absolute Gasteiger partial charge is 0.222 e. The SMILES string of the molecule is O=S(=O)(CCl)c1ccc2c(c1)CCCC2. The van der Waals surface area contributed by atoms with Crippen molar-refractivity contribution in [3.05, 3.63) is 29.3 Å². The molecule has 0 amide bonds. The van der Waals surface area contributed by atoms with E-state index in [1.54, 1.807) is 12.1 Å². The Morgan fingerprint density at radius 2 is 1.80 bits per heavy atom. The van der Waals surface area contributed by atoms with Gasteiger partial charge in [0.15, 0.2) is 9.84 Å². The van der Waals surface area contributed by atoms with Gasteiger partial charge in [0.25, 0.3) is 0 Å². The van der Waals surface area contributed by atoms with E-state index in [9.17, 15) is 8.42 Å². The molecule has 0 bridgehead atoms. The predicted molar refractivity (Wildman–Crippen MR) is 61.0 cm³/mol. The number of fused-ring (bicyclic) bond motifs is 1. The van der Waals surface area contributed by atoms with E-state index in [-0.39, 0.29) is 5.21 Å². The zero-order valence-electron chi connectivity index (χ0n) is 8.37. The standard InChI is InChI=1S/C11H13ClO2S/c12-8-15(13,14)11-6-5-9-3-1-2-4-10(9)7-11/h5-7H,1-4,8H2. The lowest BCUT2D eigenvalue weighted by molar-refractivity contribution is 0.599. The van der Waals surface area contributed by atoms with Crippen LogP contribution in [-0.2, 0) is 22.7 Å². The molecule has 2 rings (SSSR count). The Hall–Kier alpha value is -0.540. The van der Waals surface area contributed by atoms with Gasteiger partial charge in [-0.3, -0.25) is 0 Å². The smallest absolute Gasteiger partial charge is 0.192 e. The monoisotopic (exact) mass is 244 g/mol. The van der Waals surface area contributed by atoms with Crippen molar-refractivity contribution in [1.29, 1.82) is 0 Å². The number of sulfone groups is 1. The van der Waals surface area contributed by atoms with Crippen molar-refractivity contribution < 1.29 is 8.42 Å². The molecule has 82 valence electrons. The average Bonchev–Trinajstić information content (AvgIpc) is 2.28. The third kappa shape index (κ3) is 2.18. The molecule has 0 saturated heterocycles. The van der Waals surface area contributed by atoms with Crippen LogP contribution < -0.4 is 0 Å². The molecule has 0 fully saturated rings. The van der Waals surface area contributed by atoms with Crippen molar-refractivity contribution >= 4 is 21.4 Å². The molecular weight excluding hydrogens is 232 g/mol. The molecule has 0 spiro atoms. The summed E-state index contributed by atoms with van der Waals surface area (Å²) in [4.78, 5) is 0.359. The third-order valence-electron chi connectivity index (χ3n) is 2.82. The van der Waals surface area contributed by atoms with Gasteiger partial charge in [0.05, 0.1) is 4.90 Å². The molecular formula is C11H13ClO2S. The Kier molecular flexibility index (Phi) is 3.03. The van der Waals surface area contributed by atoms with Crippen LogP contribution in [0.3, 0.4) is 0 Å². The highest BCUT2D eigenvalue weighted by molar-refractivity contribution is 7.92. The molecule has 1 aromatic rings. The van der Waals surface area contributed by atoms with Crippen LogP contribution in [0.2, 0.25) is 0 Å². The summed E-state index contributed by atoms with van der Waals surface area (Å²) in [6, 6.07) is 5.38. The maximum atomic E-state index is 11.6. The third-order valence-corrected chi connectivity index (χ3v) is 4.94. The molecule has 1 aliphatic rings. The molecule has 1 aliphatic carbocycles. The quantitative estimate of drug-likeness (QED) is 0.750. The van der Waals surface area contributed by atoms with Gasteiger partial charge in [-0.1, -0.05) is 6.07 Å². The summed E-state index contributed by atoms with van der Waals surface area (Å²) in [7, 11) is -3.27. The van der Waals surface area contributed by atoms with E-state index in [4.69, 9.17) is 11.6 Å². The zero-order chi connectivity index (χ0) is 10.9. The van der Waals surface area contributed by atoms with E-state index in [0.717, 1.165) is 19.3 Å². The summed E-state index contributed by atoms with van der Waals surface area (Å²) in [6.07, 6.45) is 4.41. The molecule has 0 atom stereocenters. The van der Waals surface area contributed by atoms with Gasteiger partial charge in [-0.05, 0) is 48.9 Å². The number of halogens is 1. The maximum absolute atomic E-state index is 11.6. The minimum atomic E-state index is -3.27. The van der Waals surface area contributed by atoms with Crippen LogP contribution in [0.4, 0.5) is 0 Å². The Balaban J connectivity index is 2.45. The van der Waals surface area contributed by atoms with Gasteiger partial charge in [-0.2, -0.15) is 0 Å². The highest BCUT2D eigenvalue weighted by Crippen LogP contribution is 2.24. The van der Waals surface area contributed by atoms with E-state index < -0.39 is 9.84 Å². The second-order valence-electron chi connectivity index (χ2n) is 3.86. The summed E-state index contributed by atoms with van der Waals surface area (Å²) in [5.41, 5.74) is 2.46. The van der Waals surface area contributed by atoms with Crippen LogP contribution in [0.25, 0.3) is 0 Å². The van der Waals surface area contributed by atoms with E-state index in [2.05, 4.69) is 0 Å². The van der Waals surface area contributed by atoms with Crippen LogP contribution in [0, 0.1) is 0 Å². The maximum Gasteiger partial charge on any atom is 0.192 e. The Labute approximate surface area is 95.2 Å². The second-order valence-corrected chi connectivity index (χ2v) is 6.44. The van der Waals surface area contributed by atoms with Crippen molar-refractivity contribution in [3.8, 4) is 0 Å². The van der Waals surface area contributed by atoms with Crippen molar-refractivity contribution in [2.24, 2.45) is 0 Å². The first-order chi connectivity index (χ1) is 7.13. The first-order valence-corrected chi connectivity index (χ1v) is 7.23. The minimum Gasteiger partial charge on any atom is -0.222 e. The topological polar surface area (TPSA) is 34.1 Å². The van der Waals surface area contributed by atoms with Crippen LogP contribution in [0.1, 0.15) is 24.0 Å². The Morgan fingerprint density at radius 1 is 1.13 bits per heavy atom. The lowest BCUT2D eigenvalue weighted by atomic mass is 9.92. The highest BCUT2D eigenvalue weighted by Gasteiger charge is 2.16. The molecule has 0 aliphatic heterocycles. The summed E-state index contributed by atoms with van der Waals surface area (Å²) in [6.45, 7) is 0. The molecule has 0 heterocycles. The van der Waals surface area contributed by atoms with Gasteiger partial charge in [-0.25, -0.2) is 8.42 Å². The lowest BCUT2D eigenvalue weighted by Gasteiger charge is -2.16. The van der Waals surface area contributed by atoms with Crippen LogP contribution in [-0.4, -0.2) is 13.6 Å². The van der Waals surface area contributed by atoms with Crippen LogP contribution in [0.5, 0.6) is 0 Å². The Bertz CT molecular complexity index is 465. The normalized spacial score (nSPS) is 16.1. The van der Waals surface area contributed by atoms with Gasteiger partial charge in [0.1, 0.15) is 5.21 Å². The summed E-state index contributed by atoms with van der Waals surface area (Å²) < 4.78 is 23.1. The fourth-order valence-corrected chi connectivity index (χ4v) is 3.07. The van der Waals surface area contributed by atoms with Crippen molar-refractivity contribution in [2.45, 2.75) is 30.6 Å². The zero-order valence-corrected chi connectivity index (χ0v) is 9.94. The van der Waals surface area contributed by atoms with Crippen molar-refractivity contribution in [1.82, 2.24) is 0 Å². The van der Waals surface area contributed by atoms with Gasteiger partial charge in [0, 0.05) is 0 Å². The molecule has 1 aromatic carbocycles. The molecule has 0 saturated carbocycles. The predicted octanol–water partition coefficient (Wildman–Crippen LogP) is 2.54. The van der Waals surface area contributed by atoms with Gasteiger partial charge >= 0.3 is 0 Å². The fourth-order valence-electron chi connectivity index (χ4n) is 1.97. The number of benzene rings is 1. The van der Waals surface area contributed by atoms with Crippen molar-refractivity contribution in [2.75, 3.05) is 5.21 Å². The molecule has 0 aromatic heterocycles. The highest BCUT2D eigenvalue weighted by atomic mass is 35.5. The van der Waals surface area contributed by atoms with Crippen molar-refractivity contribution in [3.63, 3.8) is 0 Å². The lowest BCUT2D eigenvalue weighted by Crippen LogP contribution is -2.07. The molecule has 2 nitrogen and oxygen atoms in total. The first kappa shape index (κ1) is 11.0. The van der Waals surface area contributed by atoms with E-state index in [0.29, 0.717) is 4.90 Å². The first-order valence-electron chi connectivity index (χ1n) is 5.04. The summed E-state index contributed by atoms with van der Waals surface area (Å²) in [5.74, 6) is 0. The van der Waals surface area contributed by atoms with E-state index in [1.807, 2.05) is 6.07 Å². The minimum absolute atomic E-state index is 0.341. The number of hydrogen-bond donors (Lipinski definition) is 0. The Morgan fingerprint density at radius 3 is 2.47 bits per heavy atom. The van der Waals surface area contributed by atoms with Gasteiger partial charge in [-0.15, -0.1) is 11.6 Å². The van der Waals surface area contributed by atoms with Gasteiger partial charge < -0.3 is 0 Å². The van der Waals surface area contributed by atoms with E-state index in [1.165, 1.54) is 17.5 Å². The second kappa shape index (κ2) is 4.14.